The number of nitrogens with one attached hydrogen (secondary N) is 1. The van der Waals surface area contributed by atoms with Crippen LogP contribution in [0.15, 0.2) is 38.3 Å². The van der Waals surface area contributed by atoms with E-state index in [-0.39, 0.29) is 11.7 Å². The number of phenols is 1. The highest BCUT2D eigenvalue weighted by molar-refractivity contribution is 9.11. The lowest BCUT2D eigenvalue weighted by molar-refractivity contribution is 0.0959. The minimum atomic E-state index is -0.347. The average Bonchev–Trinajstić information content (AvgIpc) is 2.86. The van der Waals surface area contributed by atoms with E-state index in [1.54, 1.807) is 31.2 Å². The van der Waals surface area contributed by atoms with Gasteiger partial charge in [-0.15, -0.1) is 11.3 Å². The first kappa shape index (κ1) is 16.5. The van der Waals surface area contributed by atoms with Crippen LogP contribution in [0, 0.1) is 0 Å². The summed E-state index contributed by atoms with van der Waals surface area (Å²) in [5.74, 6) is -0.285. The molecule has 2 rings (SSSR count). The molecule has 4 nitrogen and oxygen atoms in total. The van der Waals surface area contributed by atoms with Crippen LogP contribution >= 0.6 is 54.8 Å². The number of amides is 1. The lowest BCUT2D eigenvalue weighted by Gasteiger charge is -2.07. The zero-order chi connectivity index (χ0) is 15.6. The molecular formula is C13H9Br2ClN2O2S. The molecule has 0 fully saturated rings. The van der Waals surface area contributed by atoms with Crippen molar-refractivity contribution in [2.45, 2.75) is 6.92 Å². The molecular weight excluding hydrogens is 443 g/mol. The first-order valence-corrected chi connectivity index (χ1v) is 8.45. The second-order valence-electron chi connectivity index (χ2n) is 4.03. The van der Waals surface area contributed by atoms with Gasteiger partial charge in [0.05, 0.1) is 19.4 Å². The first-order valence-electron chi connectivity index (χ1n) is 5.67. The largest absolute Gasteiger partial charge is 0.506 e. The molecule has 0 radical (unpaired) electrons. The lowest BCUT2D eigenvalue weighted by atomic mass is 10.1. The highest BCUT2D eigenvalue weighted by Gasteiger charge is 2.12. The minimum Gasteiger partial charge on any atom is -0.506 e. The maximum atomic E-state index is 11.9. The quantitative estimate of drug-likeness (QED) is 0.520. The SMILES string of the molecule is C/C(=N\NC(=O)c1ccc(Cl)s1)c1cc(Br)cc(Br)c1O. The monoisotopic (exact) mass is 450 g/mol. The zero-order valence-corrected chi connectivity index (χ0v) is 15.4. The van der Waals surface area contributed by atoms with Crippen LogP contribution < -0.4 is 5.43 Å². The predicted octanol–water partition coefficient (Wildman–Crippen LogP) is 4.79. The van der Waals surface area contributed by atoms with Gasteiger partial charge in [-0.25, -0.2) is 5.43 Å². The lowest BCUT2D eigenvalue weighted by Crippen LogP contribution is -2.18. The highest BCUT2D eigenvalue weighted by Crippen LogP contribution is 2.32. The van der Waals surface area contributed by atoms with Gasteiger partial charge >= 0.3 is 0 Å². The topological polar surface area (TPSA) is 61.7 Å². The number of hydrogen-bond donors (Lipinski definition) is 2. The Bertz CT molecular complexity index is 731. The molecule has 0 bridgehead atoms. The summed E-state index contributed by atoms with van der Waals surface area (Å²) in [6, 6.07) is 6.71. The number of nitrogens with zero attached hydrogens (tertiary/aromatic N) is 1. The Morgan fingerprint density at radius 2 is 2.10 bits per heavy atom. The molecule has 110 valence electrons. The van der Waals surface area contributed by atoms with Crippen LogP contribution in [-0.4, -0.2) is 16.7 Å². The Morgan fingerprint density at radius 1 is 1.38 bits per heavy atom. The van der Waals surface area contributed by atoms with Crippen LogP contribution in [0.1, 0.15) is 22.2 Å². The molecule has 0 saturated heterocycles. The number of hydrazone groups is 1. The van der Waals surface area contributed by atoms with Crippen LogP contribution in [0.25, 0.3) is 0 Å². The number of benzene rings is 1. The van der Waals surface area contributed by atoms with Crippen molar-refractivity contribution in [3.8, 4) is 5.75 Å². The average molecular weight is 453 g/mol. The molecule has 0 aliphatic carbocycles. The van der Waals surface area contributed by atoms with Gasteiger partial charge in [0.2, 0.25) is 0 Å². The van der Waals surface area contributed by atoms with E-state index in [2.05, 4.69) is 42.4 Å². The van der Waals surface area contributed by atoms with E-state index in [1.165, 1.54) is 11.3 Å². The molecule has 0 spiro atoms. The van der Waals surface area contributed by atoms with Crippen LogP contribution in [0.4, 0.5) is 0 Å². The molecule has 8 heteroatoms. The van der Waals surface area contributed by atoms with Gasteiger partial charge in [0.25, 0.3) is 5.91 Å². The third-order valence-electron chi connectivity index (χ3n) is 2.54. The molecule has 2 N–H and O–H groups in total. The molecule has 1 aromatic carbocycles. The van der Waals surface area contributed by atoms with Crippen molar-refractivity contribution in [2.75, 3.05) is 0 Å². The summed E-state index contributed by atoms with van der Waals surface area (Å²) in [6.07, 6.45) is 0. The van der Waals surface area contributed by atoms with E-state index in [9.17, 15) is 9.90 Å². The van der Waals surface area contributed by atoms with Crippen molar-refractivity contribution in [1.29, 1.82) is 0 Å². The molecule has 1 amide bonds. The molecule has 0 aliphatic heterocycles. The Kier molecular flexibility index (Phi) is 5.43. The summed E-state index contributed by atoms with van der Waals surface area (Å²) < 4.78 is 1.86. The van der Waals surface area contributed by atoms with Gasteiger partial charge in [-0.1, -0.05) is 27.5 Å². The van der Waals surface area contributed by atoms with Crippen molar-refractivity contribution in [2.24, 2.45) is 5.10 Å². The van der Waals surface area contributed by atoms with Crippen molar-refractivity contribution >= 4 is 66.4 Å². The standard InChI is InChI=1S/C13H9Br2ClN2O2S/c1-6(8-4-7(14)5-9(15)12(8)19)17-18-13(20)10-2-3-11(16)21-10/h2-5,19H,1H3,(H,18,20)/b17-6+. The Balaban J connectivity index is 2.20. The number of carbonyl (C=O) groups excluding carboxylic acids is 1. The Hall–Kier alpha value is -0.890. The number of halogens is 3. The van der Waals surface area contributed by atoms with Gasteiger partial charge < -0.3 is 5.11 Å². The minimum absolute atomic E-state index is 0.0628. The van der Waals surface area contributed by atoms with Crippen LogP contribution in [0.3, 0.4) is 0 Å². The normalized spacial score (nSPS) is 11.5. The molecule has 2 aromatic rings. The summed E-state index contributed by atoms with van der Waals surface area (Å²) >= 11 is 13.5. The molecule has 1 heterocycles. The van der Waals surface area contributed by atoms with E-state index in [1.807, 2.05) is 0 Å². The van der Waals surface area contributed by atoms with Crippen molar-refractivity contribution in [3.63, 3.8) is 0 Å². The van der Waals surface area contributed by atoms with E-state index in [0.29, 0.717) is 25.0 Å². The van der Waals surface area contributed by atoms with Crippen LogP contribution in [0.2, 0.25) is 4.34 Å². The predicted molar refractivity (Wildman–Crippen MR) is 92.5 cm³/mol. The summed E-state index contributed by atoms with van der Waals surface area (Å²) in [6.45, 7) is 1.69. The summed E-state index contributed by atoms with van der Waals surface area (Å²) in [5, 5.41) is 14.0. The fourth-order valence-electron chi connectivity index (χ4n) is 1.53. The van der Waals surface area contributed by atoms with Crippen molar-refractivity contribution < 1.29 is 9.90 Å². The van der Waals surface area contributed by atoms with Gasteiger partial charge in [0.15, 0.2) is 0 Å². The maximum absolute atomic E-state index is 11.9. The van der Waals surface area contributed by atoms with Gasteiger partial charge in [-0.05, 0) is 47.1 Å². The maximum Gasteiger partial charge on any atom is 0.281 e. The first-order chi connectivity index (χ1) is 9.88. The molecule has 0 atom stereocenters. The smallest absolute Gasteiger partial charge is 0.281 e. The summed E-state index contributed by atoms with van der Waals surface area (Å²) in [5.41, 5.74) is 3.43. The van der Waals surface area contributed by atoms with Crippen LogP contribution in [0.5, 0.6) is 5.75 Å². The fraction of sp³-hybridized carbons (Fsp3) is 0.0769. The number of aromatic hydroxyl groups is 1. The molecule has 0 aliphatic rings. The molecule has 21 heavy (non-hydrogen) atoms. The van der Waals surface area contributed by atoms with E-state index in [0.717, 1.165) is 4.47 Å². The van der Waals surface area contributed by atoms with Gasteiger partial charge in [-0.3, -0.25) is 4.79 Å². The fourth-order valence-corrected chi connectivity index (χ4v) is 3.69. The van der Waals surface area contributed by atoms with Crippen LogP contribution in [-0.2, 0) is 0 Å². The second kappa shape index (κ2) is 6.91. The zero-order valence-electron chi connectivity index (χ0n) is 10.7. The number of rotatable bonds is 3. The van der Waals surface area contributed by atoms with E-state index < -0.39 is 0 Å². The third-order valence-corrected chi connectivity index (χ3v) is 4.83. The van der Waals surface area contributed by atoms with Crippen molar-refractivity contribution in [1.82, 2.24) is 5.43 Å². The summed E-state index contributed by atoms with van der Waals surface area (Å²) in [7, 11) is 0. The molecule has 0 unspecified atom stereocenters. The molecule has 1 aromatic heterocycles. The van der Waals surface area contributed by atoms with Gasteiger partial charge in [0, 0.05) is 10.0 Å². The Labute approximate surface area is 147 Å². The number of hydrogen-bond acceptors (Lipinski definition) is 4. The number of thiophene rings is 1. The number of carbonyl (C=O) groups is 1. The highest BCUT2D eigenvalue weighted by atomic mass is 79.9. The Morgan fingerprint density at radius 3 is 2.71 bits per heavy atom. The van der Waals surface area contributed by atoms with E-state index >= 15 is 0 Å². The molecule has 0 saturated carbocycles. The number of phenolic OH excluding ortho intramolecular Hbond substituents is 1. The summed E-state index contributed by atoms with van der Waals surface area (Å²) in [4.78, 5) is 12.3. The van der Waals surface area contributed by atoms with Gasteiger partial charge in [0.1, 0.15) is 5.75 Å². The van der Waals surface area contributed by atoms with Crippen molar-refractivity contribution in [3.05, 3.63) is 48.0 Å². The van der Waals surface area contributed by atoms with Gasteiger partial charge in [-0.2, -0.15) is 5.10 Å². The second-order valence-corrected chi connectivity index (χ2v) is 7.51. The van der Waals surface area contributed by atoms with E-state index in [4.69, 9.17) is 11.6 Å². The third kappa shape index (κ3) is 4.06.